The lowest BCUT2D eigenvalue weighted by atomic mass is 9.98. The van der Waals surface area contributed by atoms with Crippen LogP contribution >= 0.6 is 0 Å². The molecule has 0 bridgehead atoms. The van der Waals surface area contributed by atoms with Crippen molar-refractivity contribution in [2.45, 2.75) is 33.2 Å². The summed E-state index contributed by atoms with van der Waals surface area (Å²) in [6.07, 6.45) is 7.17. The van der Waals surface area contributed by atoms with Crippen molar-refractivity contribution in [3.05, 3.63) is 47.3 Å². The van der Waals surface area contributed by atoms with E-state index >= 15 is 0 Å². The third-order valence-electron chi connectivity index (χ3n) is 4.79. The van der Waals surface area contributed by atoms with Crippen LogP contribution in [0, 0.1) is 19.8 Å². The zero-order chi connectivity index (χ0) is 18.0. The van der Waals surface area contributed by atoms with E-state index in [9.17, 15) is 8.42 Å². The minimum absolute atomic E-state index is 0.239. The Bertz CT molecular complexity index is 829. The van der Waals surface area contributed by atoms with Gasteiger partial charge in [0.25, 0.3) is 0 Å². The monoisotopic (exact) mass is 361 g/mol. The lowest BCUT2D eigenvalue weighted by Crippen LogP contribution is -2.37. The maximum absolute atomic E-state index is 11.6. The summed E-state index contributed by atoms with van der Waals surface area (Å²) in [5.74, 6) is 0.533. The van der Waals surface area contributed by atoms with E-state index in [0.29, 0.717) is 5.75 Å². The van der Waals surface area contributed by atoms with Crippen molar-refractivity contribution >= 4 is 9.84 Å². The molecule has 1 aromatic heterocycles. The molecule has 136 valence electrons. The molecule has 1 aromatic carbocycles. The van der Waals surface area contributed by atoms with Crippen LogP contribution in [0.2, 0.25) is 0 Å². The fraction of sp³-hybridized carbons (Fsp3) is 0.526. The maximum atomic E-state index is 11.6. The van der Waals surface area contributed by atoms with Crippen LogP contribution in [0.5, 0.6) is 0 Å². The molecule has 3 rings (SSSR count). The van der Waals surface area contributed by atoms with E-state index in [1.807, 2.05) is 16.9 Å². The smallest absolute Gasteiger partial charge is 0.147 e. The van der Waals surface area contributed by atoms with E-state index < -0.39 is 9.84 Å². The Morgan fingerprint density at radius 3 is 2.76 bits per heavy atom. The number of likely N-dealkylation sites (tertiary alicyclic amines) is 1. The number of hydrogen-bond acceptors (Lipinski definition) is 4. The highest BCUT2D eigenvalue weighted by molar-refractivity contribution is 7.90. The third-order valence-corrected chi connectivity index (χ3v) is 5.87. The summed E-state index contributed by atoms with van der Waals surface area (Å²) in [5, 5.41) is 4.41. The number of benzene rings is 1. The van der Waals surface area contributed by atoms with Gasteiger partial charge in [-0.25, -0.2) is 13.1 Å². The minimum Gasteiger partial charge on any atom is -0.299 e. The minimum atomic E-state index is -2.92. The SMILES string of the molecule is Cc1cc(C)c(-n2cccn2)c(CN2CCC[C@H](CS(C)(=O)=O)C2)c1. The molecule has 0 unspecified atom stereocenters. The van der Waals surface area contributed by atoms with Gasteiger partial charge in [0.05, 0.1) is 11.4 Å². The van der Waals surface area contributed by atoms with Gasteiger partial charge in [-0.05, 0) is 56.3 Å². The van der Waals surface area contributed by atoms with Crippen molar-refractivity contribution in [1.29, 1.82) is 0 Å². The first kappa shape index (κ1) is 18.1. The van der Waals surface area contributed by atoms with Crippen LogP contribution in [0.1, 0.15) is 29.5 Å². The topological polar surface area (TPSA) is 55.2 Å². The Morgan fingerprint density at radius 1 is 1.28 bits per heavy atom. The summed E-state index contributed by atoms with van der Waals surface area (Å²) in [7, 11) is -2.92. The van der Waals surface area contributed by atoms with E-state index in [1.54, 1.807) is 6.20 Å². The third kappa shape index (κ3) is 4.70. The molecule has 0 amide bonds. The van der Waals surface area contributed by atoms with Gasteiger partial charge in [0.1, 0.15) is 9.84 Å². The van der Waals surface area contributed by atoms with Gasteiger partial charge in [-0.1, -0.05) is 17.7 Å². The fourth-order valence-electron chi connectivity index (χ4n) is 4.00. The first-order chi connectivity index (χ1) is 11.8. The van der Waals surface area contributed by atoms with Gasteiger partial charge in [-0.2, -0.15) is 5.10 Å². The molecule has 1 aliphatic heterocycles. The van der Waals surface area contributed by atoms with Crippen LogP contribution in [0.15, 0.2) is 30.6 Å². The standard InChI is InChI=1S/C19H27N3O2S/c1-15-10-16(2)19(22-9-5-7-20-22)18(11-15)13-21-8-4-6-17(12-21)14-25(3,23)24/h5,7,9-11,17H,4,6,8,12-14H2,1-3H3/t17-/m0/s1. The van der Waals surface area contributed by atoms with Gasteiger partial charge in [-0.15, -0.1) is 0 Å². The average Bonchev–Trinajstić information content (AvgIpc) is 2.99. The van der Waals surface area contributed by atoms with Crippen LogP contribution < -0.4 is 0 Å². The van der Waals surface area contributed by atoms with Crippen molar-refractivity contribution in [2.75, 3.05) is 25.1 Å². The van der Waals surface area contributed by atoms with Crippen molar-refractivity contribution in [3.8, 4) is 5.69 Å². The van der Waals surface area contributed by atoms with Gasteiger partial charge in [0.2, 0.25) is 0 Å². The number of aryl methyl sites for hydroxylation is 2. The van der Waals surface area contributed by atoms with E-state index in [2.05, 4.69) is 36.0 Å². The molecule has 6 heteroatoms. The summed E-state index contributed by atoms with van der Waals surface area (Å²) in [6, 6.07) is 6.35. The molecule has 2 heterocycles. The molecule has 0 N–H and O–H groups in total. The Kier molecular flexibility index (Phi) is 5.29. The second-order valence-corrected chi connectivity index (χ2v) is 9.56. The van der Waals surface area contributed by atoms with Gasteiger partial charge in [0.15, 0.2) is 0 Å². The second-order valence-electron chi connectivity index (χ2n) is 7.38. The van der Waals surface area contributed by atoms with Crippen LogP contribution in [-0.2, 0) is 16.4 Å². The number of rotatable bonds is 5. The molecule has 0 spiro atoms. The van der Waals surface area contributed by atoms with Gasteiger partial charge in [-0.3, -0.25) is 4.90 Å². The maximum Gasteiger partial charge on any atom is 0.147 e. The molecule has 1 atom stereocenters. The molecule has 0 aliphatic carbocycles. The van der Waals surface area contributed by atoms with Gasteiger partial charge < -0.3 is 0 Å². The zero-order valence-electron chi connectivity index (χ0n) is 15.3. The number of aromatic nitrogens is 2. The van der Waals surface area contributed by atoms with Crippen LogP contribution in [0.3, 0.4) is 0 Å². The number of nitrogens with zero attached hydrogens (tertiary/aromatic N) is 3. The quantitative estimate of drug-likeness (QED) is 0.822. The Hall–Kier alpha value is -1.66. The van der Waals surface area contributed by atoms with Crippen molar-refractivity contribution in [1.82, 2.24) is 14.7 Å². The molecule has 1 aliphatic rings. The Labute approximate surface area is 150 Å². The average molecular weight is 362 g/mol. The summed E-state index contributed by atoms with van der Waals surface area (Å²) in [5.41, 5.74) is 4.85. The summed E-state index contributed by atoms with van der Waals surface area (Å²) < 4.78 is 25.2. The summed E-state index contributed by atoms with van der Waals surface area (Å²) in [4.78, 5) is 2.39. The number of piperidine rings is 1. The molecular formula is C19H27N3O2S. The van der Waals surface area contributed by atoms with Crippen molar-refractivity contribution < 1.29 is 8.42 Å². The van der Waals surface area contributed by atoms with Crippen molar-refractivity contribution in [3.63, 3.8) is 0 Å². The Morgan fingerprint density at radius 2 is 2.08 bits per heavy atom. The van der Waals surface area contributed by atoms with E-state index in [0.717, 1.165) is 38.2 Å². The second kappa shape index (κ2) is 7.30. The highest BCUT2D eigenvalue weighted by Crippen LogP contribution is 2.25. The summed E-state index contributed by atoms with van der Waals surface area (Å²) in [6.45, 7) is 6.94. The molecule has 0 radical (unpaired) electrons. The van der Waals surface area contributed by atoms with Crippen LogP contribution in [0.4, 0.5) is 0 Å². The van der Waals surface area contributed by atoms with Crippen molar-refractivity contribution in [2.24, 2.45) is 5.92 Å². The number of hydrogen-bond donors (Lipinski definition) is 0. The van der Waals surface area contributed by atoms with Crippen LogP contribution in [0.25, 0.3) is 5.69 Å². The van der Waals surface area contributed by atoms with E-state index in [-0.39, 0.29) is 5.92 Å². The summed E-state index contributed by atoms with van der Waals surface area (Å²) >= 11 is 0. The normalized spacial score (nSPS) is 19.2. The lowest BCUT2D eigenvalue weighted by molar-refractivity contribution is 0.177. The zero-order valence-corrected chi connectivity index (χ0v) is 16.1. The Balaban J connectivity index is 1.83. The predicted octanol–water partition coefficient (Wildman–Crippen LogP) is 2.75. The lowest BCUT2D eigenvalue weighted by Gasteiger charge is -2.33. The predicted molar refractivity (Wildman–Crippen MR) is 101 cm³/mol. The highest BCUT2D eigenvalue weighted by atomic mass is 32.2. The number of sulfone groups is 1. The van der Waals surface area contributed by atoms with E-state index in [1.165, 1.54) is 22.9 Å². The van der Waals surface area contributed by atoms with E-state index in [4.69, 9.17) is 0 Å². The molecule has 2 aromatic rings. The van der Waals surface area contributed by atoms with Gasteiger partial charge >= 0.3 is 0 Å². The largest absolute Gasteiger partial charge is 0.299 e. The first-order valence-electron chi connectivity index (χ1n) is 8.82. The molecule has 1 saturated heterocycles. The molecule has 25 heavy (non-hydrogen) atoms. The highest BCUT2D eigenvalue weighted by Gasteiger charge is 2.24. The molecule has 0 saturated carbocycles. The fourth-order valence-corrected chi connectivity index (χ4v) is 5.13. The molecular weight excluding hydrogens is 334 g/mol. The van der Waals surface area contributed by atoms with Crippen LogP contribution in [-0.4, -0.2) is 48.2 Å². The molecule has 5 nitrogen and oxygen atoms in total. The van der Waals surface area contributed by atoms with Gasteiger partial charge in [0, 0.05) is 31.7 Å². The molecule has 1 fully saturated rings. The first-order valence-corrected chi connectivity index (χ1v) is 10.9.